The van der Waals surface area contributed by atoms with Crippen LogP contribution in [0.1, 0.15) is 18.4 Å². The molecule has 2 aliphatic rings. The lowest BCUT2D eigenvalue weighted by molar-refractivity contribution is -0.137. The van der Waals surface area contributed by atoms with Crippen LogP contribution in [-0.2, 0) is 16.2 Å². The first-order valence-corrected chi connectivity index (χ1v) is 11.7. The molecule has 12 heteroatoms. The molecule has 2 saturated heterocycles. The molecule has 168 valence electrons. The molecule has 7 nitrogen and oxygen atoms in total. The van der Waals surface area contributed by atoms with Gasteiger partial charge in [-0.1, -0.05) is 11.6 Å². The number of sulfonamides is 1. The summed E-state index contributed by atoms with van der Waals surface area (Å²) in [7, 11) is -3.51. The van der Waals surface area contributed by atoms with Crippen molar-refractivity contribution in [2.45, 2.75) is 23.9 Å². The van der Waals surface area contributed by atoms with Crippen LogP contribution >= 0.6 is 11.6 Å². The van der Waals surface area contributed by atoms with E-state index < -0.39 is 21.8 Å². The van der Waals surface area contributed by atoms with Gasteiger partial charge in [0.1, 0.15) is 16.5 Å². The predicted molar refractivity (Wildman–Crippen MR) is 111 cm³/mol. The van der Waals surface area contributed by atoms with Gasteiger partial charge < -0.3 is 9.80 Å². The fourth-order valence-corrected chi connectivity index (χ4v) is 5.50. The predicted octanol–water partition coefficient (Wildman–Crippen LogP) is 3.26. The number of piperazine rings is 1. The van der Waals surface area contributed by atoms with E-state index in [9.17, 15) is 21.6 Å². The summed E-state index contributed by atoms with van der Waals surface area (Å²) in [5, 5.41) is -0.0436. The summed E-state index contributed by atoms with van der Waals surface area (Å²) < 4.78 is 65.1. The highest BCUT2D eigenvalue weighted by Crippen LogP contribution is 2.34. The van der Waals surface area contributed by atoms with Crippen molar-refractivity contribution in [1.29, 1.82) is 0 Å². The molecule has 2 aromatic rings. The second kappa shape index (κ2) is 8.44. The van der Waals surface area contributed by atoms with Crippen molar-refractivity contribution < 1.29 is 21.6 Å². The Kier molecular flexibility index (Phi) is 6.01. The first-order chi connectivity index (χ1) is 14.7. The molecule has 31 heavy (non-hydrogen) atoms. The second-order valence-corrected chi connectivity index (χ2v) is 9.81. The van der Waals surface area contributed by atoms with Gasteiger partial charge in [-0.15, -0.1) is 0 Å². The highest BCUT2D eigenvalue weighted by Gasteiger charge is 2.32. The maximum atomic E-state index is 12.8. The lowest BCUT2D eigenvalue weighted by atomic mass is 10.2. The number of anilines is 2. The normalized spacial score (nSPS) is 18.6. The number of nitrogens with zero attached hydrogens (tertiary/aromatic N) is 5. The Morgan fingerprint density at radius 2 is 1.55 bits per heavy atom. The van der Waals surface area contributed by atoms with Crippen molar-refractivity contribution in [3.05, 3.63) is 41.2 Å². The van der Waals surface area contributed by atoms with E-state index in [-0.39, 0.29) is 9.92 Å². The third-order valence-electron chi connectivity index (χ3n) is 5.48. The number of halogens is 4. The number of aromatic nitrogens is 2. The van der Waals surface area contributed by atoms with E-state index in [0.29, 0.717) is 50.9 Å². The Labute approximate surface area is 183 Å². The van der Waals surface area contributed by atoms with Crippen molar-refractivity contribution >= 4 is 33.3 Å². The molecule has 4 rings (SSSR count). The zero-order valence-corrected chi connectivity index (χ0v) is 18.1. The molecule has 0 aromatic carbocycles. The van der Waals surface area contributed by atoms with Gasteiger partial charge in [0, 0.05) is 51.7 Å². The molecule has 0 N–H and O–H groups in total. The van der Waals surface area contributed by atoms with Gasteiger partial charge in [0.2, 0.25) is 10.0 Å². The maximum Gasteiger partial charge on any atom is 0.417 e. The van der Waals surface area contributed by atoms with E-state index in [0.717, 1.165) is 25.1 Å². The lowest BCUT2D eigenvalue weighted by Crippen LogP contribution is -2.47. The summed E-state index contributed by atoms with van der Waals surface area (Å²) in [5.74, 6) is 0.959. The molecular formula is C19H21ClF3N5O2S. The minimum Gasteiger partial charge on any atom is -0.353 e. The number of rotatable bonds is 4. The summed E-state index contributed by atoms with van der Waals surface area (Å²) in [6.45, 7) is 3.15. The van der Waals surface area contributed by atoms with Crippen LogP contribution in [0, 0.1) is 0 Å². The molecular weight excluding hydrogens is 455 g/mol. The Hall–Kier alpha value is -2.11. The standard InChI is InChI=1S/C19H21ClF3N5O2S/c20-16-11-14(19(21,22)23)12-25-18(16)27-9-7-26(8-10-27)17-4-3-15(13-24-17)31(29,30)28-5-1-2-6-28/h3-4,11-13H,1-2,5-10H2. The van der Waals surface area contributed by atoms with Crippen LogP contribution in [0.4, 0.5) is 24.8 Å². The summed E-state index contributed by atoms with van der Waals surface area (Å²) in [5.41, 5.74) is -0.881. The highest BCUT2D eigenvalue weighted by atomic mass is 35.5. The number of pyridine rings is 2. The molecule has 0 spiro atoms. The van der Waals surface area contributed by atoms with E-state index in [1.807, 2.05) is 9.80 Å². The Morgan fingerprint density at radius 3 is 2.10 bits per heavy atom. The molecule has 2 aromatic heterocycles. The Morgan fingerprint density at radius 1 is 0.903 bits per heavy atom. The van der Waals surface area contributed by atoms with Gasteiger partial charge in [-0.25, -0.2) is 18.4 Å². The van der Waals surface area contributed by atoms with Crippen molar-refractivity contribution in [3.63, 3.8) is 0 Å². The zero-order chi connectivity index (χ0) is 22.2. The fraction of sp³-hybridized carbons (Fsp3) is 0.474. The lowest BCUT2D eigenvalue weighted by Gasteiger charge is -2.36. The fourth-order valence-electron chi connectivity index (χ4n) is 3.76. The van der Waals surface area contributed by atoms with Crippen LogP contribution in [0.15, 0.2) is 35.5 Å². The SMILES string of the molecule is O=S(=O)(c1ccc(N2CCN(c3ncc(C(F)(F)F)cc3Cl)CC2)nc1)N1CCCC1. The molecule has 0 saturated carbocycles. The average molecular weight is 476 g/mol. The van der Waals surface area contributed by atoms with Gasteiger partial charge in [0.25, 0.3) is 0 Å². The maximum absolute atomic E-state index is 12.8. The molecule has 4 heterocycles. The summed E-state index contributed by atoms with van der Waals surface area (Å²) in [6.07, 6.45) is -0.591. The molecule has 2 aliphatic heterocycles. The molecule has 0 amide bonds. The van der Waals surface area contributed by atoms with Crippen molar-refractivity contribution in [1.82, 2.24) is 14.3 Å². The summed E-state index contributed by atoms with van der Waals surface area (Å²) >= 11 is 6.05. The second-order valence-electron chi connectivity index (χ2n) is 7.46. The van der Waals surface area contributed by atoms with Crippen LogP contribution in [0.2, 0.25) is 5.02 Å². The zero-order valence-electron chi connectivity index (χ0n) is 16.5. The molecule has 2 fully saturated rings. The van der Waals surface area contributed by atoms with Gasteiger partial charge in [-0.3, -0.25) is 0 Å². The van der Waals surface area contributed by atoms with Crippen molar-refractivity contribution in [3.8, 4) is 0 Å². The Bertz CT molecular complexity index is 1040. The van der Waals surface area contributed by atoms with Crippen LogP contribution < -0.4 is 9.80 Å². The van der Waals surface area contributed by atoms with E-state index in [1.54, 1.807) is 12.1 Å². The third-order valence-corrected chi connectivity index (χ3v) is 7.64. The summed E-state index contributed by atoms with van der Waals surface area (Å²) in [6, 6.07) is 4.13. The van der Waals surface area contributed by atoms with Gasteiger partial charge in [0.05, 0.1) is 10.6 Å². The number of alkyl halides is 3. The van der Waals surface area contributed by atoms with Gasteiger partial charge in [-0.2, -0.15) is 17.5 Å². The van der Waals surface area contributed by atoms with Gasteiger partial charge in [0.15, 0.2) is 0 Å². The Balaban J connectivity index is 1.41. The monoisotopic (exact) mass is 475 g/mol. The van der Waals surface area contributed by atoms with Crippen LogP contribution in [-0.4, -0.2) is 62.0 Å². The molecule has 0 bridgehead atoms. The van der Waals surface area contributed by atoms with E-state index in [2.05, 4.69) is 9.97 Å². The molecule has 0 atom stereocenters. The first-order valence-electron chi connectivity index (χ1n) is 9.85. The topological polar surface area (TPSA) is 69.6 Å². The molecule has 0 radical (unpaired) electrons. The smallest absolute Gasteiger partial charge is 0.353 e. The third kappa shape index (κ3) is 4.58. The van der Waals surface area contributed by atoms with Crippen LogP contribution in [0.3, 0.4) is 0 Å². The summed E-state index contributed by atoms with van der Waals surface area (Å²) in [4.78, 5) is 12.2. The highest BCUT2D eigenvalue weighted by molar-refractivity contribution is 7.89. The first kappa shape index (κ1) is 22.1. The minimum absolute atomic E-state index is 0.0436. The van der Waals surface area contributed by atoms with E-state index in [1.165, 1.54) is 10.5 Å². The van der Waals surface area contributed by atoms with Crippen molar-refractivity contribution in [2.75, 3.05) is 49.1 Å². The van der Waals surface area contributed by atoms with Crippen LogP contribution in [0.25, 0.3) is 0 Å². The van der Waals surface area contributed by atoms with Crippen molar-refractivity contribution in [2.24, 2.45) is 0 Å². The van der Waals surface area contributed by atoms with Gasteiger partial charge >= 0.3 is 6.18 Å². The molecule has 0 unspecified atom stereocenters. The molecule has 0 aliphatic carbocycles. The minimum atomic E-state index is -4.49. The van der Waals surface area contributed by atoms with Crippen LogP contribution in [0.5, 0.6) is 0 Å². The number of hydrogen-bond donors (Lipinski definition) is 0. The van der Waals surface area contributed by atoms with E-state index >= 15 is 0 Å². The average Bonchev–Trinajstić information content (AvgIpc) is 3.29. The van der Waals surface area contributed by atoms with E-state index in [4.69, 9.17) is 11.6 Å². The number of hydrogen-bond acceptors (Lipinski definition) is 6. The van der Waals surface area contributed by atoms with Gasteiger partial charge in [-0.05, 0) is 31.0 Å². The quantitative estimate of drug-likeness (QED) is 0.676. The largest absolute Gasteiger partial charge is 0.417 e.